The van der Waals surface area contributed by atoms with Gasteiger partial charge in [-0.2, -0.15) is 5.26 Å². The molecule has 0 saturated heterocycles. The Labute approximate surface area is 119 Å². The molecule has 0 atom stereocenters. The Bertz CT molecular complexity index is 643. The van der Waals surface area contributed by atoms with Crippen molar-refractivity contribution >= 4 is 5.69 Å². The Morgan fingerprint density at radius 1 is 1.10 bits per heavy atom. The first-order valence-electron chi connectivity index (χ1n) is 6.90. The summed E-state index contributed by atoms with van der Waals surface area (Å²) in [5.41, 5.74) is 4.44. The zero-order chi connectivity index (χ0) is 13.8. The average molecular weight is 263 g/mol. The second-order valence-electron chi connectivity index (χ2n) is 5.00. The van der Waals surface area contributed by atoms with Gasteiger partial charge in [0.25, 0.3) is 0 Å². The second-order valence-corrected chi connectivity index (χ2v) is 5.00. The minimum atomic E-state index is 0.766. The van der Waals surface area contributed by atoms with Gasteiger partial charge in [0.2, 0.25) is 0 Å². The number of anilines is 1. The fraction of sp³-hybridized carbons (Fsp3) is 0.235. The minimum Gasteiger partial charge on any atom is -0.366 e. The number of nitriles is 1. The van der Waals surface area contributed by atoms with Gasteiger partial charge in [0.05, 0.1) is 11.6 Å². The zero-order valence-corrected chi connectivity index (χ0v) is 11.3. The fourth-order valence-corrected chi connectivity index (χ4v) is 2.66. The van der Waals surface area contributed by atoms with Crippen molar-refractivity contribution in [1.82, 2.24) is 5.32 Å². The summed E-state index contributed by atoms with van der Waals surface area (Å²) in [7, 11) is 0. The molecule has 0 aliphatic carbocycles. The number of hydrogen-bond acceptors (Lipinski definition) is 3. The molecule has 100 valence electrons. The molecule has 2 aromatic rings. The van der Waals surface area contributed by atoms with Crippen LogP contribution < -0.4 is 10.2 Å². The highest BCUT2D eigenvalue weighted by Gasteiger charge is 2.15. The van der Waals surface area contributed by atoms with E-state index in [1.165, 1.54) is 11.3 Å². The maximum absolute atomic E-state index is 9.22. The molecule has 1 heterocycles. The molecule has 3 nitrogen and oxygen atoms in total. The molecule has 20 heavy (non-hydrogen) atoms. The molecule has 0 spiro atoms. The smallest absolute Gasteiger partial charge is 0.0995 e. The average Bonchev–Trinajstić information content (AvgIpc) is 2.71. The molecule has 0 aromatic heterocycles. The third-order valence-electron chi connectivity index (χ3n) is 3.71. The number of fused-ring (bicyclic) bond motifs is 1. The number of nitrogens with one attached hydrogen (secondary N) is 1. The zero-order valence-electron chi connectivity index (χ0n) is 11.3. The predicted octanol–water partition coefficient (Wildman–Crippen LogP) is 2.67. The summed E-state index contributed by atoms with van der Waals surface area (Å²) in [4.78, 5) is 2.35. The van der Waals surface area contributed by atoms with Gasteiger partial charge in [0.1, 0.15) is 0 Å². The summed E-state index contributed by atoms with van der Waals surface area (Å²) in [5, 5.41) is 12.7. The van der Waals surface area contributed by atoms with E-state index in [0.29, 0.717) is 0 Å². The Morgan fingerprint density at radius 2 is 1.90 bits per heavy atom. The van der Waals surface area contributed by atoms with E-state index in [1.54, 1.807) is 0 Å². The Balaban J connectivity index is 1.93. The molecule has 0 radical (unpaired) electrons. The maximum Gasteiger partial charge on any atom is 0.0995 e. The number of hydrogen-bond donors (Lipinski definition) is 1. The van der Waals surface area contributed by atoms with Crippen LogP contribution in [-0.2, 0) is 13.1 Å². The number of rotatable bonds is 2. The molecule has 3 rings (SSSR count). The molecule has 0 amide bonds. The first-order valence-corrected chi connectivity index (χ1v) is 6.90. The van der Waals surface area contributed by atoms with E-state index in [-0.39, 0.29) is 0 Å². The third kappa shape index (κ3) is 2.52. The van der Waals surface area contributed by atoms with E-state index in [4.69, 9.17) is 0 Å². The van der Waals surface area contributed by atoms with Gasteiger partial charge >= 0.3 is 0 Å². The summed E-state index contributed by atoms with van der Waals surface area (Å²) in [6.45, 7) is 3.61. The third-order valence-corrected chi connectivity index (χ3v) is 3.71. The molecular formula is C17H17N3. The van der Waals surface area contributed by atoms with Crippen molar-refractivity contribution < 1.29 is 0 Å². The van der Waals surface area contributed by atoms with Crippen LogP contribution in [0.4, 0.5) is 5.69 Å². The van der Waals surface area contributed by atoms with Crippen molar-refractivity contribution in [2.45, 2.75) is 13.1 Å². The minimum absolute atomic E-state index is 0.766. The van der Waals surface area contributed by atoms with E-state index in [9.17, 15) is 5.26 Å². The van der Waals surface area contributed by atoms with E-state index in [2.05, 4.69) is 40.6 Å². The second kappa shape index (κ2) is 5.77. The van der Waals surface area contributed by atoms with Gasteiger partial charge in [-0.15, -0.1) is 0 Å². The lowest BCUT2D eigenvalue weighted by atomic mass is 10.1. The molecule has 0 fully saturated rings. The van der Waals surface area contributed by atoms with Crippen LogP contribution in [0.2, 0.25) is 0 Å². The van der Waals surface area contributed by atoms with Gasteiger partial charge in [0.15, 0.2) is 0 Å². The molecular weight excluding hydrogens is 246 g/mol. The molecule has 0 bridgehead atoms. The van der Waals surface area contributed by atoms with Crippen LogP contribution in [0, 0.1) is 11.3 Å². The van der Waals surface area contributed by atoms with E-state index in [0.717, 1.165) is 37.3 Å². The van der Waals surface area contributed by atoms with Crippen LogP contribution in [0.3, 0.4) is 0 Å². The predicted molar refractivity (Wildman–Crippen MR) is 80.4 cm³/mol. The molecule has 1 N–H and O–H groups in total. The van der Waals surface area contributed by atoms with Gasteiger partial charge in [-0.05, 0) is 23.3 Å². The summed E-state index contributed by atoms with van der Waals surface area (Å²) in [6, 6.07) is 18.6. The molecule has 0 saturated carbocycles. The SMILES string of the molecule is N#Cc1ccccc1CN1CCNCc2ccccc21. The fourth-order valence-electron chi connectivity index (χ4n) is 2.66. The lowest BCUT2D eigenvalue weighted by Crippen LogP contribution is -2.28. The Kier molecular flexibility index (Phi) is 3.67. The van der Waals surface area contributed by atoms with Gasteiger partial charge < -0.3 is 10.2 Å². The number of benzene rings is 2. The van der Waals surface area contributed by atoms with Crippen molar-refractivity contribution in [1.29, 1.82) is 5.26 Å². The van der Waals surface area contributed by atoms with Crippen molar-refractivity contribution in [3.05, 3.63) is 65.2 Å². The van der Waals surface area contributed by atoms with Gasteiger partial charge in [0, 0.05) is 31.9 Å². The topological polar surface area (TPSA) is 39.1 Å². The Morgan fingerprint density at radius 3 is 2.80 bits per heavy atom. The largest absolute Gasteiger partial charge is 0.366 e. The Hall–Kier alpha value is -2.31. The summed E-state index contributed by atoms with van der Waals surface area (Å²) >= 11 is 0. The first kappa shape index (κ1) is 12.7. The van der Waals surface area contributed by atoms with Crippen molar-refractivity contribution in [2.24, 2.45) is 0 Å². The quantitative estimate of drug-likeness (QED) is 0.905. The first-order chi connectivity index (χ1) is 9.88. The lowest BCUT2D eigenvalue weighted by molar-refractivity contribution is 0.688. The molecule has 3 heteroatoms. The van der Waals surface area contributed by atoms with Crippen LogP contribution in [-0.4, -0.2) is 13.1 Å². The van der Waals surface area contributed by atoms with E-state index in [1.807, 2.05) is 24.3 Å². The van der Waals surface area contributed by atoms with E-state index >= 15 is 0 Å². The highest BCUT2D eigenvalue weighted by atomic mass is 15.2. The standard InChI is InChI=1S/C17H17N3/c18-11-14-5-1-2-7-16(14)13-20-10-9-19-12-15-6-3-4-8-17(15)20/h1-8,19H,9-10,12-13H2. The van der Waals surface area contributed by atoms with Crippen LogP contribution in [0.5, 0.6) is 0 Å². The molecule has 2 aromatic carbocycles. The molecule has 0 unspecified atom stereocenters. The highest BCUT2D eigenvalue weighted by Crippen LogP contribution is 2.24. The van der Waals surface area contributed by atoms with Crippen LogP contribution in [0.25, 0.3) is 0 Å². The highest BCUT2D eigenvalue weighted by molar-refractivity contribution is 5.55. The normalized spacial score (nSPS) is 14.2. The lowest BCUT2D eigenvalue weighted by Gasteiger charge is -2.25. The monoisotopic (exact) mass is 263 g/mol. The van der Waals surface area contributed by atoms with Crippen LogP contribution >= 0.6 is 0 Å². The summed E-state index contributed by atoms with van der Waals surface area (Å²) in [5.74, 6) is 0. The van der Waals surface area contributed by atoms with Gasteiger partial charge in [-0.25, -0.2) is 0 Å². The summed E-state index contributed by atoms with van der Waals surface area (Å²) < 4.78 is 0. The molecule has 1 aliphatic heterocycles. The number of nitrogens with zero attached hydrogens (tertiary/aromatic N) is 2. The summed E-state index contributed by atoms with van der Waals surface area (Å²) in [6.07, 6.45) is 0. The molecule has 1 aliphatic rings. The number of para-hydroxylation sites is 1. The van der Waals surface area contributed by atoms with Crippen molar-refractivity contribution in [3.8, 4) is 6.07 Å². The van der Waals surface area contributed by atoms with Gasteiger partial charge in [-0.3, -0.25) is 0 Å². The maximum atomic E-state index is 9.22. The van der Waals surface area contributed by atoms with Gasteiger partial charge in [-0.1, -0.05) is 36.4 Å². The van der Waals surface area contributed by atoms with E-state index < -0.39 is 0 Å². The van der Waals surface area contributed by atoms with Crippen LogP contribution in [0.1, 0.15) is 16.7 Å². The van der Waals surface area contributed by atoms with Crippen molar-refractivity contribution in [3.63, 3.8) is 0 Å². The van der Waals surface area contributed by atoms with Crippen LogP contribution in [0.15, 0.2) is 48.5 Å². The van der Waals surface area contributed by atoms with Crippen molar-refractivity contribution in [2.75, 3.05) is 18.0 Å².